The average Bonchev–Trinajstić information content (AvgIpc) is 2.85. The molecule has 2 aromatic rings. The molecular weight excluding hydrogens is 507 g/mol. The smallest absolute Gasteiger partial charge is 0.416 e. The first-order valence-corrected chi connectivity index (χ1v) is 12.0. The standard InChI is InChI=1S/C27H32F3NO7/c1-17(2)23(32)37-25(24(33)35-18(3)4)38-26(34)31(5)16-15-22(19-9-7-6-8-10-19)36-21-13-11-20(12-14-21)27(28,29)30/h6-14,17-18,22,25H,15-16H2,1-5H3. The van der Waals surface area contributed by atoms with E-state index in [1.54, 1.807) is 58.0 Å². The summed E-state index contributed by atoms with van der Waals surface area (Å²) in [6.07, 6.45) is -8.23. The molecule has 0 aromatic heterocycles. The summed E-state index contributed by atoms with van der Waals surface area (Å²) in [5, 5.41) is 0. The highest BCUT2D eigenvalue weighted by molar-refractivity contribution is 5.81. The van der Waals surface area contributed by atoms with E-state index in [2.05, 4.69) is 0 Å². The van der Waals surface area contributed by atoms with Gasteiger partial charge in [0.15, 0.2) is 0 Å². The number of carbonyl (C=O) groups is 3. The van der Waals surface area contributed by atoms with Crippen LogP contribution in [0.1, 0.15) is 51.3 Å². The zero-order chi connectivity index (χ0) is 28.5. The molecule has 8 nitrogen and oxygen atoms in total. The maximum atomic E-state index is 12.9. The number of nitrogens with zero attached hydrogens (tertiary/aromatic N) is 1. The van der Waals surface area contributed by atoms with Crippen LogP contribution in [0.3, 0.4) is 0 Å². The van der Waals surface area contributed by atoms with Crippen LogP contribution in [-0.4, -0.2) is 48.9 Å². The van der Waals surface area contributed by atoms with Gasteiger partial charge in [0.05, 0.1) is 17.6 Å². The van der Waals surface area contributed by atoms with Gasteiger partial charge >= 0.3 is 30.5 Å². The molecule has 11 heteroatoms. The predicted molar refractivity (Wildman–Crippen MR) is 131 cm³/mol. The van der Waals surface area contributed by atoms with Gasteiger partial charge in [-0.25, -0.2) is 9.59 Å². The Morgan fingerprint density at radius 3 is 1.97 bits per heavy atom. The van der Waals surface area contributed by atoms with Crippen molar-refractivity contribution in [2.24, 2.45) is 5.92 Å². The Morgan fingerprint density at radius 1 is 0.842 bits per heavy atom. The SMILES string of the molecule is CC(C)OC(=O)C(OC(=O)C(C)C)OC(=O)N(C)CCC(Oc1ccc(C(F)(F)F)cc1)c1ccccc1. The summed E-state index contributed by atoms with van der Waals surface area (Å²) in [5.74, 6) is -2.13. The lowest BCUT2D eigenvalue weighted by atomic mass is 10.1. The maximum Gasteiger partial charge on any atom is 0.416 e. The lowest BCUT2D eigenvalue weighted by Gasteiger charge is -2.25. The van der Waals surface area contributed by atoms with E-state index >= 15 is 0 Å². The topological polar surface area (TPSA) is 91.4 Å². The third-order valence-corrected chi connectivity index (χ3v) is 5.12. The van der Waals surface area contributed by atoms with Crippen LogP contribution < -0.4 is 4.74 Å². The third-order valence-electron chi connectivity index (χ3n) is 5.12. The predicted octanol–water partition coefficient (Wildman–Crippen LogP) is 5.76. The molecule has 2 atom stereocenters. The van der Waals surface area contributed by atoms with Crippen LogP contribution in [-0.2, 0) is 30.0 Å². The van der Waals surface area contributed by atoms with Crippen molar-refractivity contribution in [2.45, 2.75) is 58.8 Å². The summed E-state index contributed by atoms with van der Waals surface area (Å²) in [7, 11) is 1.41. The fourth-order valence-corrected chi connectivity index (χ4v) is 3.08. The van der Waals surface area contributed by atoms with Crippen molar-refractivity contribution in [3.8, 4) is 5.75 Å². The summed E-state index contributed by atoms with van der Waals surface area (Å²) < 4.78 is 59.8. The van der Waals surface area contributed by atoms with Crippen LogP contribution in [0.5, 0.6) is 5.75 Å². The van der Waals surface area contributed by atoms with E-state index < -0.39 is 54.2 Å². The highest BCUT2D eigenvalue weighted by Crippen LogP contribution is 2.32. The van der Waals surface area contributed by atoms with Gasteiger partial charge in [-0.3, -0.25) is 4.79 Å². The number of amides is 1. The Morgan fingerprint density at radius 2 is 1.45 bits per heavy atom. The number of halogens is 3. The van der Waals surface area contributed by atoms with Crippen molar-refractivity contribution in [3.05, 3.63) is 65.7 Å². The minimum atomic E-state index is -4.47. The van der Waals surface area contributed by atoms with Crippen LogP contribution in [0.2, 0.25) is 0 Å². The zero-order valence-corrected chi connectivity index (χ0v) is 21.9. The van der Waals surface area contributed by atoms with Crippen molar-refractivity contribution in [1.29, 1.82) is 0 Å². The second-order valence-corrected chi connectivity index (χ2v) is 9.04. The monoisotopic (exact) mass is 539 g/mol. The Balaban J connectivity index is 2.10. The van der Waals surface area contributed by atoms with E-state index in [1.807, 2.05) is 0 Å². The average molecular weight is 540 g/mol. The molecule has 0 heterocycles. The number of alkyl halides is 3. The Labute approximate surface area is 219 Å². The Hall–Kier alpha value is -3.76. The van der Waals surface area contributed by atoms with Crippen LogP contribution in [0.4, 0.5) is 18.0 Å². The molecule has 0 saturated carbocycles. The van der Waals surface area contributed by atoms with Gasteiger partial charge in [0.25, 0.3) is 0 Å². The quantitative estimate of drug-likeness (QED) is 0.265. The van der Waals surface area contributed by atoms with E-state index in [0.717, 1.165) is 22.6 Å². The molecule has 2 unspecified atom stereocenters. The fraction of sp³-hybridized carbons (Fsp3) is 0.444. The van der Waals surface area contributed by atoms with Crippen molar-refractivity contribution in [2.75, 3.05) is 13.6 Å². The fourth-order valence-electron chi connectivity index (χ4n) is 3.08. The molecule has 1 amide bonds. The summed E-state index contributed by atoms with van der Waals surface area (Å²) in [6, 6.07) is 13.2. The molecule has 0 aliphatic rings. The van der Waals surface area contributed by atoms with E-state index in [1.165, 1.54) is 19.2 Å². The zero-order valence-electron chi connectivity index (χ0n) is 21.9. The van der Waals surface area contributed by atoms with Gasteiger partial charge in [-0.1, -0.05) is 44.2 Å². The number of hydrogen-bond donors (Lipinski definition) is 0. The van der Waals surface area contributed by atoms with Gasteiger partial charge in [-0.2, -0.15) is 13.2 Å². The lowest BCUT2D eigenvalue weighted by Crippen LogP contribution is -2.40. The normalized spacial score (nSPS) is 13.0. The summed E-state index contributed by atoms with van der Waals surface area (Å²) in [5.41, 5.74) is -0.0641. The molecule has 0 spiro atoms. The van der Waals surface area contributed by atoms with Crippen molar-refractivity contribution in [1.82, 2.24) is 4.90 Å². The molecule has 0 N–H and O–H groups in total. The number of ether oxygens (including phenoxy) is 4. The minimum absolute atomic E-state index is 0.0725. The van der Waals surface area contributed by atoms with E-state index in [9.17, 15) is 27.6 Å². The molecule has 0 saturated heterocycles. The van der Waals surface area contributed by atoms with E-state index in [4.69, 9.17) is 18.9 Å². The number of benzene rings is 2. The van der Waals surface area contributed by atoms with Crippen LogP contribution in [0.25, 0.3) is 0 Å². The molecule has 0 bridgehead atoms. The summed E-state index contributed by atoms with van der Waals surface area (Å²) in [6.45, 7) is 6.37. The molecule has 208 valence electrons. The molecule has 0 aliphatic heterocycles. The van der Waals surface area contributed by atoms with Gasteiger partial charge in [0.1, 0.15) is 11.9 Å². The molecule has 2 aromatic carbocycles. The Kier molecular flexibility index (Phi) is 11.0. The van der Waals surface area contributed by atoms with Gasteiger partial charge in [-0.15, -0.1) is 0 Å². The largest absolute Gasteiger partial charge is 0.486 e. The van der Waals surface area contributed by atoms with Gasteiger partial charge in [0.2, 0.25) is 0 Å². The molecular formula is C27H32F3NO7. The van der Waals surface area contributed by atoms with Crippen LogP contribution in [0, 0.1) is 5.92 Å². The van der Waals surface area contributed by atoms with Crippen molar-refractivity contribution in [3.63, 3.8) is 0 Å². The minimum Gasteiger partial charge on any atom is -0.486 e. The van der Waals surface area contributed by atoms with Gasteiger partial charge in [-0.05, 0) is 43.7 Å². The first kappa shape index (κ1) is 30.5. The molecule has 2 rings (SSSR count). The lowest BCUT2D eigenvalue weighted by molar-refractivity contribution is -0.196. The van der Waals surface area contributed by atoms with E-state index in [-0.39, 0.29) is 18.7 Å². The number of rotatable bonds is 11. The second-order valence-electron chi connectivity index (χ2n) is 9.04. The molecule has 38 heavy (non-hydrogen) atoms. The van der Waals surface area contributed by atoms with Crippen LogP contribution >= 0.6 is 0 Å². The van der Waals surface area contributed by atoms with Crippen molar-refractivity contribution >= 4 is 18.0 Å². The first-order chi connectivity index (χ1) is 17.8. The number of carbonyl (C=O) groups excluding carboxylic acids is 3. The number of hydrogen-bond acceptors (Lipinski definition) is 7. The summed E-state index contributed by atoms with van der Waals surface area (Å²) in [4.78, 5) is 38.2. The third kappa shape index (κ3) is 9.60. The number of esters is 2. The Bertz CT molecular complexity index is 1060. The highest BCUT2D eigenvalue weighted by atomic mass is 19.4. The maximum absolute atomic E-state index is 12.9. The first-order valence-electron chi connectivity index (χ1n) is 12.0. The van der Waals surface area contributed by atoms with Gasteiger partial charge < -0.3 is 23.8 Å². The highest BCUT2D eigenvalue weighted by Gasteiger charge is 2.32. The molecule has 0 radical (unpaired) electrons. The van der Waals surface area contributed by atoms with Gasteiger partial charge in [0, 0.05) is 20.0 Å². The van der Waals surface area contributed by atoms with E-state index in [0.29, 0.717) is 0 Å². The second kappa shape index (κ2) is 13.7. The molecule has 0 fully saturated rings. The van der Waals surface area contributed by atoms with Crippen molar-refractivity contribution < 1.29 is 46.5 Å². The molecule has 0 aliphatic carbocycles. The van der Waals surface area contributed by atoms with Crippen LogP contribution in [0.15, 0.2) is 54.6 Å². The summed E-state index contributed by atoms with van der Waals surface area (Å²) >= 11 is 0.